The van der Waals surface area contributed by atoms with Crippen molar-refractivity contribution in [2.75, 3.05) is 5.32 Å². The molecule has 2 N–H and O–H groups in total. The van der Waals surface area contributed by atoms with Gasteiger partial charge < -0.3 is 15.4 Å². The lowest BCUT2D eigenvalue weighted by Crippen LogP contribution is -2.42. The summed E-state index contributed by atoms with van der Waals surface area (Å²) in [5.74, 6) is -2.46. The summed E-state index contributed by atoms with van der Waals surface area (Å²) in [5.41, 5.74) is 3.20. The molecular formula is C29H33F2N3O3S. The molecule has 1 saturated carbocycles. The van der Waals surface area contributed by atoms with Crippen LogP contribution in [0.2, 0.25) is 0 Å². The van der Waals surface area contributed by atoms with Gasteiger partial charge in [-0.1, -0.05) is 61.8 Å². The van der Waals surface area contributed by atoms with Gasteiger partial charge in [-0.05, 0) is 55.0 Å². The van der Waals surface area contributed by atoms with Crippen molar-refractivity contribution in [2.24, 2.45) is 0 Å². The van der Waals surface area contributed by atoms with E-state index in [1.807, 2.05) is 19.1 Å². The molecule has 202 valence electrons. The first-order valence-electron chi connectivity index (χ1n) is 13.1. The Balaban J connectivity index is 1.40. The van der Waals surface area contributed by atoms with Gasteiger partial charge >= 0.3 is 0 Å². The Morgan fingerprint density at radius 1 is 1.11 bits per heavy atom. The quantitative estimate of drug-likeness (QED) is 0.321. The van der Waals surface area contributed by atoms with Crippen LogP contribution in [0.25, 0.3) is 10.4 Å². The summed E-state index contributed by atoms with van der Waals surface area (Å²) < 4.78 is 33.0. The molecule has 9 heteroatoms. The standard InChI is InChI=1S/C29H33F2N3O3S/c1-3-25-27(24-12-8-7-9-20(24)17-37-23-10-5-4-6-11-23)38-29(33-25)34-28(36)18(2)32-26(35)15-19-13-21(30)16-22(31)14-19/h7-9,12-14,16,18,23H,3-6,10-11,15,17H2,1-2H3,(H,32,35)(H,33,34,36)/t18-/m0/s1. The van der Waals surface area contributed by atoms with Crippen LogP contribution in [0.5, 0.6) is 0 Å². The van der Waals surface area contributed by atoms with E-state index in [9.17, 15) is 18.4 Å². The van der Waals surface area contributed by atoms with Gasteiger partial charge in [-0.25, -0.2) is 13.8 Å². The van der Waals surface area contributed by atoms with Crippen molar-refractivity contribution in [3.63, 3.8) is 0 Å². The zero-order chi connectivity index (χ0) is 27.1. The molecule has 38 heavy (non-hydrogen) atoms. The number of amides is 2. The Morgan fingerprint density at radius 3 is 2.53 bits per heavy atom. The van der Waals surface area contributed by atoms with Crippen LogP contribution in [0.15, 0.2) is 42.5 Å². The van der Waals surface area contributed by atoms with E-state index >= 15 is 0 Å². The van der Waals surface area contributed by atoms with Crippen molar-refractivity contribution >= 4 is 28.3 Å². The number of aromatic nitrogens is 1. The van der Waals surface area contributed by atoms with Gasteiger partial charge in [0.15, 0.2) is 5.13 Å². The van der Waals surface area contributed by atoms with Crippen LogP contribution in [-0.2, 0) is 33.8 Å². The minimum Gasteiger partial charge on any atom is -0.374 e. The highest BCUT2D eigenvalue weighted by Crippen LogP contribution is 2.36. The van der Waals surface area contributed by atoms with E-state index in [4.69, 9.17) is 4.74 Å². The molecule has 0 aliphatic heterocycles. The van der Waals surface area contributed by atoms with E-state index in [2.05, 4.69) is 27.8 Å². The fourth-order valence-corrected chi connectivity index (χ4v) is 5.75. The van der Waals surface area contributed by atoms with Gasteiger partial charge in [-0.15, -0.1) is 0 Å². The molecule has 1 aliphatic rings. The number of rotatable bonds is 10. The van der Waals surface area contributed by atoms with E-state index < -0.39 is 29.5 Å². The second-order valence-corrected chi connectivity index (χ2v) is 10.6. The summed E-state index contributed by atoms with van der Waals surface area (Å²) in [6.45, 7) is 4.10. The molecule has 2 aromatic carbocycles. The van der Waals surface area contributed by atoms with Gasteiger partial charge in [0.25, 0.3) is 0 Å². The van der Waals surface area contributed by atoms with Gasteiger partial charge in [0, 0.05) is 6.07 Å². The first kappa shape index (κ1) is 27.9. The highest BCUT2D eigenvalue weighted by Gasteiger charge is 2.21. The third kappa shape index (κ3) is 7.45. The van der Waals surface area contributed by atoms with Crippen molar-refractivity contribution < 1.29 is 23.1 Å². The monoisotopic (exact) mass is 541 g/mol. The molecular weight excluding hydrogens is 508 g/mol. The molecule has 0 saturated heterocycles. The number of ether oxygens (including phenoxy) is 1. The molecule has 0 radical (unpaired) electrons. The zero-order valence-electron chi connectivity index (χ0n) is 21.7. The minimum absolute atomic E-state index is 0.191. The summed E-state index contributed by atoms with van der Waals surface area (Å²) in [7, 11) is 0. The molecule has 1 aliphatic carbocycles. The Hall–Kier alpha value is -3.17. The minimum atomic E-state index is -0.866. The highest BCUT2D eigenvalue weighted by atomic mass is 32.1. The second kappa shape index (κ2) is 13.1. The van der Waals surface area contributed by atoms with Crippen LogP contribution in [0.4, 0.5) is 13.9 Å². The predicted octanol–water partition coefficient (Wildman–Crippen LogP) is 6.19. The van der Waals surface area contributed by atoms with E-state index in [1.165, 1.54) is 30.6 Å². The largest absolute Gasteiger partial charge is 0.374 e. The Bertz CT molecular complexity index is 1250. The predicted molar refractivity (Wildman–Crippen MR) is 145 cm³/mol. The lowest BCUT2D eigenvalue weighted by molar-refractivity contribution is -0.125. The number of nitrogens with zero attached hydrogens (tertiary/aromatic N) is 1. The van der Waals surface area contributed by atoms with Gasteiger partial charge in [0.05, 0.1) is 29.7 Å². The molecule has 2 amide bonds. The van der Waals surface area contributed by atoms with Crippen molar-refractivity contribution in [1.82, 2.24) is 10.3 Å². The second-order valence-electron chi connectivity index (χ2n) is 9.61. The van der Waals surface area contributed by atoms with Gasteiger partial charge in [0.1, 0.15) is 17.7 Å². The molecule has 0 bridgehead atoms. The molecule has 1 heterocycles. The molecule has 0 unspecified atom stereocenters. The third-order valence-electron chi connectivity index (χ3n) is 6.61. The fourth-order valence-electron chi connectivity index (χ4n) is 4.63. The summed E-state index contributed by atoms with van der Waals surface area (Å²) in [5, 5.41) is 5.82. The van der Waals surface area contributed by atoms with E-state index in [1.54, 1.807) is 6.92 Å². The molecule has 1 aromatic heterocycles. The highest BCUT2D eigenvalue weighted by molar-refractivity contribution is 7.19. The summed E-state index contributed by atoms with van der Waals surface area (Å²) in [6.07, 6.45) is 6.67. The topological polar surface area (TPSA) is 80.3 Å². The van der Waals surface area contributed by atoms with Crippen LogP contribution in [0.1, 0.15) is 62.8 Å². The third-order valence-corrected chi connectivity index (χ3v) is 7.66. The van der Waals surface area contributed by atoms with Crippen LogP contribution in [0.3, 0.4) is 0 Å². The lowest BCUT2D eigenvalue weighted by Gasteiger charge is -2.22. The number of carbonyl (C=O) groups excluding carboxylic acids is 2. The smallest absolute Gasteiger partial charge is 0.248 e. The van der Waals surface area contributed by atoms with Crippen molar-refractivity contribution in [2.45, 2.75) is 77.5 Å². The molecule has 0 spiro atoms. The number of thiazole rings is 1. The summed E-state index contributed by atoms with van der Waals surface area (Å²) in [4.78, 5) is 30.8. The van der Waals surface area contributed by atoms with Gasteiger partial charge in [-0.3, -0.25) is 9.59 Å². The van der Waals surface area contributed by atoms with E-state index in [0.29, 0.717) is 24.3 Å². The number of carbonyl (C=O) groups is 2. The average Bonchev–Trinajstić information content (AvgIpc) is 3.30. The van der Waals surface area contributed by atoms with E-state index in [-0.39, 0.29) is 12.0 Å². The maximum atomic E-state index is 13.4. The van der Waals surface area contributed by atoms with Gasteiger partial charge in [0.2, 0.25) is 11.8 Å². The van der Waals surface area contributed by atoms with Gasteiger partial charge in [-0.2, -0.15) is 0 Å². The van der Waals surface area contributed by atoms with Crippen LogP contribution < -0.4 is 10.6 Å². The number of nitrogens with one attached hydrogen (secondary N) is 2. The maximum absolute atomic E-state index is 13.4. The molecule has 1 atom stereocenters. The van der Waals surface area contributed by atoms with Crippen LogP contribution >= 0.6 is 11.3 Å². The zero-order valence-corrected chi connectivity index (χ0v) is 22.5. The fraction of sp³-hybridized carbons (Fsp3) is 0.414. The van der Waals surface area contributed by atoms with Crippen LogP contribution in [-0.4, -0.2) is 28.9 Å². The molecule has 4 rings (SSSR count). The Kier molecular flexibility index (Phi) is 9.58. The molecule has 3 aromatic rings. The molecule has 6 nitrogen and oxygen atoms in total. The van der Waals surface area contributed by atoms with E-state index in [0.717, 1.165) is 52.7 Å². The first-order valence-corrected chi connectivity index (χ1v) is 13.9. The number of benzene rings is 2. The summed E-state index contributed by atoms with van der Waals surface area (Å²) >= 11 is 1.39. The normalized spacial score (nSPS) is 14.7. The first-order chi connectivity index (χ1) is 18.3. The maximum Gasteiger partial charge on any atom is 0.248 e. The van der Waals surface area contributed by atoms with Crippen LogP contribution in [0, 0.1) is 11.6 Å². The SMILES string of the molecule is CCc1nc(NC(=O)[C@H](C)NC(=O)Cc2cc(F)cc(F)c2)sc1-c1ccccc1COC1CCCCC1. The van der Waals surface area contributed by atoms with Crippen molar-refractivity contribution in [3.05, 3.63) is 70.9 Å². The lowest BCUT2D eigenvalue weighted by atomic mass is 9.97. The van der Waals surface area contributed by atoms with Crippen molar-refractivity contribution in [1.29, 1.82) is 0 Å². The van der Waals surface area contributed by atoms with Crippen molar-refractivity contribution in [3.8, 4) is 10.4 Å². The summed E-state index contributed by atoms with van der Waals surface area (Å²) in [6, 6.07) is 10.2. The number of hydrogen-bond acceptors (Lipinski definition) is 5. The number of aryl methyl sites for hydroxylation is 1. The average molecular weight is 542 g/mol. The number of anilines is 1. The Morgan fingerprint density at radius 2 is 1.82 bits per heavy atom. The molecule has 1 fully saturated rings. The Labute approximate surface area is 225 Å². The number of hydrogen-bond donors (Lipinski definition) is 2. The number of halogens is 2.